The van der Waals surface area contributed by atoms with Crippen LogP contribution in [0.2, 0.25) is 0 Å². The molecule has 29 heavy (non-hydrogen) atoms. The highest BCUT2D eigenvalue weighted by Gasteiger charge is 2.61. The maximum Gasteiger partial charge on any atom is 0.0622 e. The molecule has 0 aromatic rings. The van der Waals surface area contributed by atoms with E-state index in [1.165, 1.54) is 51.4 Å². The molecule has 3 unspecified atom stereocenters. The third-order valence-electron chi connectivity index (χ3n) is 10.9. The van der Waals surface area contributed by atoms with Crippen molar-refractivity contribution in [3.63, 3.8) is 0 Å². The van der Waals surface area contributed by atoms with Gasteiger partial charge in [-0.3, -0.25) is 0 Å². The van der Waals surface area contributed by atoms with Crippen molar-refractivity contribution in [3.8, 4) is 0 Å². The largest absolute Gasteiger partial charge is 0.390 e. The van der Waals surface area contributed by atoms with Crippen LogP contribution < -0.4 is 0 Å². The predicted molar refractivity (Wildman–Crippen MR) is 121 cm³/mol. The summed E-state index contributed by atoms with van der Waals surface area (Å²) in [4.78, 5) is 0. The van der Waals surface area contributed by atoms with Crippen LogP contribution in [-0.2, 0) is 0 Å². The van der Waals surface area contributed by atoms with Crippen molar-refractivity contribution >= 4 is 0 Å². The predicted octanol–water partition coefficient (Wildman–Crippen LogP) is 6.58. The summed E-state index contributed by atoms with van der Waals surface area (Å²) in [7, 11) is 0. The zero-order chi connectivity index (χ0) is 21.2. The van der Waals surface area contributed by atoms with Gasteiger partial charge in [-0.25, -0.2) is 0 Å². The third-order valence-corrected chi connectivity index (χ3v) is 10.9. The van der Waals surface area contributed by atoms with Gasteiger partial charge in [0.2, 0.25) is 0 Å². The molecule has 4 saturated carbocycles. The van der Waals surface area contributed by atoms with Crippen LogP contribution in [0, 0.1) is 46.3 Å². The van der Waals surface area contributed by atoms with Crippen LogP contribution in [-0.4, -0.2) is 21.4 Å². The molecule has 0 spiro atoms. The van der Waals surface area contributed by atoms with Crippen LogP contribution in [0.3, 0.4) is 0 Å². The van der Waals surface area contributed by atoms with E-state index in [4.69, 9.17) is 0 Å². The number of rotatable bonds is 4. The van der Waals surface area contributed by atoms with E-state index in [2.05, 4.69) is 27.7 Å². The zero-order valence-electron chi connectivity index (χ0n) is 20.1. The van der Waals surface area contributed by atoms with Gasteiger partial charge in [0.25, 0.3) is 0 Å². The Balaban J connectivity index is 1.49. The van der Waals surface area contributed by atoms with Crippen molar-refractivity contribution in [2.24, 2.45) is 46.3 Å². The van der Waals surface area contributed by atoms with Crippen molar-refractivity contribution in [2.75, 3.05) is 0 Å². The average Bonchev–Trinajstić information content (AvgIpc) is 2.97. The minimum atomic E-state index is -0.528. The van der Waals surface area contributed by atoms with Crippen LogP contribution in [0.1, 0.15) is 112 Å². The van der Waals surface area contributed by atoms with Crippen molar-refractivity contribution in [1.29, 1.82) is 0 Å². The van der Waals surface area contributed by atoms with Gasteiger partial charge in [-0.05, 0) is 138 Å². The van der Waals surface area contributed by atoms with Crippen molar-refractivity contribution in [3.05, 3.63) is 0 Å². The van der Waals surface area contributed by atoms with Gasteiger partial charge in [-0.15, -0.1) is 0 Å². The molecule has 4 rings (SSSR count). The van der Waals surface area contributed by atoms with E-state index >= 15 is 0 Å². The maximum absolute atomic E-state index is 10.7. The monoisotopic (exact) mass is 404 g/mol. The molecule has 168 valence electrons. The first-order valence-electron chi connectivity index (χ1n) is 12.8. The summed E-state index contributed by atoms with van der Waals surface area (Å²) >= 11 is 0. The molecule has 4 aliphatic rings. The molecule has 0 aromatic carbocycles. The van der Waals surface area contributed by atoms with Crippen LogP contribution >= 0.6 is 0 Å². The molecule has 0 amide bonds. The van der Waals surface area contributed by atoms with Gasteiger partial charge in [-0.2, -0.15) is 0 Å². The maximum atomic E-state index is 10.7. The quantitative estimate of drug-likeness (QED) is 0.555. The first kappa shape index (κ1) is 22.1. The Morgan fingerprint density at radius 2 is 1.59 bits per heavy atom. The first-order chi connectivity index (χ1) is 13.4. The Kier molecular flexibility index (Phi) is 5.51. The molecule has 2 N–H and O–H groups in total. The molecular formula is C27H48O2. The lowest BCUT2D eigenvalue weighted by Crippen LogP contribution is -2.55. The fourth-order valence-electron chi connectivity index (χ4n) is 9.19. The summed E-state index contributed by atoms with van der Waals surface area (Å²) in [5.74, 6) is 5.03. The fourth-order valence-corrected chi connectivity index (χ4v) is 9.19. The highest BCUT2D eigenvalue weighted by Crippen LogP contribution is 2.68. The second kappa shape index (κ2) is 7.22. The second-order valence-corrected chi connectivity index (χ2v) is 13.4. The van der Waals surface area contributed by atoms with E-state index in [1.54, 1.807) is 0 Å². The van der Waals surface area contributed by atoms with Gasteiger partial charge < -0.3 is 10.2 Å². The molecule has 0 heterocycles. The minimum Gasteiger partial charge on any atom is -0.390 e. The van der Waals surface area contributed by atoms with Crippen molar-refractivity contribution < 1.29 is 10.2 Å². The summed E-state index contributed by atoms with van der Waals surface area (Å²) < 4.78 is 0. The van der Waals surface area contributed by atoms with E-state index < -0.39 is 11.2 Å². The Bertz CT molecular complexity index is 604. The highest BCUT2D eigenvalue weighted by atomic mass is 16.3. The summed E-state index contributed by atoms with van der Waals surface area (Å²) in [6.45, 7) is 13.7. The van der Waals surface area contributed by atoms with Crippen molar-refractivity contribution in [2.45, 2.75) is 123 Å². The molecule has 0 aromatic heterocycles. The molecule has 0 bridgehead atoms. The molecule has 4 aliphatic carbocycles. The van der Waals surface area contributed by atoms with Gasteiger partial charge in [-0.1, -0.05) is 20.8 Å². The van der Waals surface area contributed by atoms with Gasteiger partial charge in [0.05, 0.1) is 11.2 Å². The third kappa shape index (κ3) is 3.84. The van der Waals surface area contributed by atoms with Crippen LogP contribution in [0.4, 0.5) is 0 Å². The topological polar surface area (TPSA) is 40.5 Å². The summed E-state index contributed by atoms with van der Waals surface area (Å²) in [6, 6.07) is 0. The van der Waals surface area contributed by atoms with Gasteiger partial charge in [0.1, 0.15) is 0 Å². The molecular weight excluding hydrogens is 356 g/mol. The number of hydrogen-bond acceptors (Lipinski definition) is 2. The SMILES string of the molecule is C[C@H](CCC(C)(C)O)[C@H]1CCC2C3CC[C@@H]4C[C@](C)(O)CC[C@]4(C)C3CC[C@@]21C. The molecule has 2 nitrogen and oxygen atoms in total. The molecule has 0 radical (unpaired) electrons. The molecule has 4 fully saturated rings. The molecule has 0 aliphatic heterocycles. The lowest BCUT2D eigenvalue weighted by Gasteiger charge is -2.62. The smallest absolute Gasteiger partial charge is 0.0622 e. The minimum absolute atomic E-state index is 0.422. The highest BCUT2D eigenvalue weighted by molar-refractivity contribution is 5.10. The Hall–Kier alpha value is -0.0800. The average molecular weight is 405 g/mol. The molecule has 2 heteroatoms. The Morgan fingerprint density at radius 3 is 2.28 bits per heavy atom. The van der Waals surface area contributed by atoms with Crippen molar-refractivity contribution in [1.82, 2.24) is 0 Å². The van der Waals surface area contributed by atoms with Gasteiger partial charge >= 0.3 is 0 Å². The molecule has 9 atom stereocenters. The number of fused-ring (bicyclic) bond motifs is 5. The Labute approximate surface area is 180 Å². The second-order valence-electron chi connectivity index (χ2n) is 13.4. The van der Waals surface area contributed by atoms with Gasteiger partial charge in [0.15, 0.2) is 0 Å². The zero-order valence-corrected chi connectivity index (χ0v) is 20.1. The van der Waals surface area contributed by atoms with E-state index in [0.717, 1.165) is 54.8 Å². The molecule has 0 saturated heterocycles. The first-order valence-corrected chi connectivity index (χ1v) is 12.8. The fraction of sp³-hybridized carbons (Fsp3) is 1.00. The summed E-state index contributed by atoms with van der Waals surface area (Å²) in [6.07, 6.45) is 13.8. The van der Waals surface area contributed by atoms with E-state index in [0.29, 0.717) is 10.8 Å². The van der Waals surface area contributed by atoms with E-state index in [1.807, 2.05) is 13.8 Å². The summed E-state index contributed by atoms with van der Waals surface area (Å²) in [5.41, 5.74) is 0.0369. The number of aliphatic hydroxyl groups is 2. The standard InChI is InChI=1S/C27H48O2/c1-18(11-13-24(2,3)28)21-9-10-22-20-8-7-19-17-25(4,29)15-16-26(19,5)23(20)12-14-27(21,22)6/h18-23,28-29H,7-17H2,1-6H3/t18-,19-,20?,21-,22?,23?,25-,26+,27-/m1/s1. The van der Waals surface area contributed by atoms with Gasteiger partial charge in [0, 0.05) is 0 Å². The lowest BCUT2D eigenvalue weighted by molar-refractivity contribution is -0.148. The Morgan fingerprint density at radius 1 is 0.897 bits per heavy atom. The lowest BCUT2D eigenvalue weighted by atomic mass is 9.43. The summed E-state index contributed by atoms with van der Waals surface area (Å²) in [5, 5.41) is 20.9. The van der Waals surface area contributed by atoms with Crippen LogP contribution in [0.15, 0.2) is 0 Å². The normalized spacial score (nSPS) is 51.1. The van der Waals surface area contributed by atoms with E-state index in [-0.39, 0.29) is 0 Å². The van der Waals surface area contributed by atoms with Crippen LogP contribution in [0.5, 0.6) is 0 Å². The van der Waals surface area contributed by atoms with E-state index in [9.17, 15) is 10.2 Å². The number of hydrogen-bond donors (Lipinski definition) is 2. The van der Waals surface area contributed by atoms with Crippen LogP contribution in [0.25, 0.3) is 0 Å².